The molecule has 0 amide bonds. The lowest BCUT2D eigenvalue weighted by atomic mass is 9.82. The number of hydrogen-bond acceptors (Lipinski definition) is 2. The van der Waals surface area contributed by atoms with Crippen LogP contribution in [-0.2, 0) is 12.0 Å². The topological polar surface area (TPSA) is 23.5 Å². The highest BCUT2D eigenvalue weighted by Crippen LogP contribution is 2.30. The second-order valence-corrected chi connectivity index (χ2v) is 8.03. The normalized spacial score (nSPS) is 22.5. The second-order valence-electron chi connectivity index (χ2n) is 8.03. The van der Waals surface area contributed by atoms with Gasteiger partial charge in [-0.3, -0.25) is 0 Å². The number of aryl methyl sites for hydroxylation is 2. The van der Waals surface area contributed by atoms with Gasteiger partial charge in [-0.25, -0.2) is 0 Å². The lowest BCUT2D eigenvalue weighted by Crippen LogP contribution is -2.37. The van der Waals surface area contributed by atoms with Crippen molar-refractivity contribution < 1.29 is 5.11 Å². The first-order valence-corrected chi connectivity index (χ1v) is 8.14. The molecule has 0 unspecified atom stereocenters. The molecule has 0 aliphatic heterocycles. The molecular weight excluding hydrogens is 258 g/mol. The summed E-state index contributed by atoms with van der Waals surface area (Å²) in [5.74, 6) is 0.680. The zero-order valence-corrected chi connectivity index (χ0v) is 14.5. The highest BCUT2D eigenvalue weighted by atomic mass is 16.3. The molecule has 2 heteroatoms. The maximum Gasteiger partial charge on any atom is 0.0546 e. The Balaban J connectivity index is 2.06. The van der Waals surface area contributed by atoms with Crippen molar-refractivity contribution in [3.05, 3.63) is 34.4 Å². The van der Waals surface area contributed by atoms with E-state index >= 15 is 0 Å². The zero-order valence-electron chi connectivity index (χ0n) is 14.5. The average molecular weight is 289 g/mol. The third kappa shape index (κ3) is 4.08. The Labute approximate surface area is 130 Å². The van der Waals surface area contributed by atoms with Crippen LogP contribution in [0.3, 0.4) is 0 Å². The van der Waals surface area contributed by atoms with E-state index in [4.69, 9.17) is 0 Å². The van der Waals surface area contributed by atoms with Gasteiger partial charge in [0.1, 0.15) is 0 Å². The summed E-state index contributed by atoms with van der Waals surface area (Å²) in [7, 11) is 2.20. The molecule has 1 aliphatic carbocycles. The largest absolute Gasteiger partial charge is 0.393 e. The Morgan fingerprint density at radius 3 is 2.10 bits per heavy atom. The zero-order chi connectivity index (χ0) is 15.8. The lowest BCUT2D eigenvalue weighted by Gasteiger charge is -2.35. The molecule has 118 valence electrons. The van der Waals surface area contributed by atoms with Crippen LogP contribution in [0.4, 0.5) is 0 Å². The summed E-state index contributed by atoms with van der Waals surface area (Å²) in [6.45, 7) is 13.4. The fourth-order valence-corrected chi connectivity index (χ4v) is 3.30. The molecule has 0 heterocycles. The van der Waals surface area contributed by atoms with Gasteiger partial charge in [-0.05, 0) is 67.3 Å². The van der Waals surface area contributed by atoms with Crippen LogP contribution < -0.4 is 0 Å². The first-order valence-electron chi connectivity index (χ1n) is 8.14. The number of nitrogens with zero attached hydrogens (tertiary/aromatic N) is 1. The number of hydrogen-bond donors (Lipinski definition) is 1. The van der Waals surface area contributed by atoms with Crippen molar-refractivity contribution in [2.24, 2.45) is 5.92 Å². The molecule has 0 aromatic heterocycles. The Morgan fingerprint density at radius 1 is 1.14 bits per heavy atom. The third-order valence-electron chi connectivity index (χ3n) is 4.77. The van der Waals surface area contributed by atoms with Crippen LogP contribution in [-0.4, -0.2) is 29.7 Å². The molecule has 0 bridgehead atoms. The lowest BCUT2D eigenvalue weighted by molar-refractivity contribution is 0.0273. The SMILES string of the molecule is Cc1cc(C(C)(C)C)cc(C)c1CN(C)CC1CC(O)C1. The predicted molar refractivity (Wildman–Crippen MR) is 89.7 cm³/mol. The maximum absolute atomic E-state index is 9.40. The van der Waals surface area contributed by atoms with Crippen LogP contribution >= 0.6 is 0 Å². The molecule has 1 aromatic rings. The van der Waals surface area contributed by atoms with E-state index in [2.05, 4.69) is 58.7 Å². The van der Waals surface area contributed by atoms with Crippen molar-refractivity contribution in [2.75, 3.05) is 13.6 Å². The Morgan fingerprint density at radius 2 is 1.67 bits per heavy atom. The van der Waals surface area contributed by atoms with Gasteiger partial charge in [-0.1, -0.05) is 32.9 Å². The highest BCUT2D eigenvalue weighted by molar-refractivity contribution is 5.40. The van der Waals surface area contributed by atoms with Crippen LogP contribution in [0, 0.1) is 19.8 Å². The summed E-state index contributed by atoms with van der Waals surface area (Å²) in [4.78, 5) is 2.41. The number of benzene rings is 1. The van der Waals surface area contributed by atoms with Crippen molar-refractivity contribution in [2.45, 2.75) is 65.5 Å². The Kier molecular flexibility index (Phi) is 4.79. The van der Waals surface area contributed by atoms with Crippen molar-refractivity contribution in [3.8, 4) is 0 Å². The van der Waals surface area contributed by atoms with Crippen LogP contribution in [0.2, 0.25) is 0 Å². The van der Waals surface area contributed by atoms with E-state index in [0.29, 0.717) is 5.92 Å². The molecule has 1 N–H and O–H groups in total. The summed E-state index contributed by atoms with van der Waals surface area (Å²) in [6, 6.07) is 4.70. The van der Waals surface area contributed by atoms with Gasteiger partial charge in [0.2, 0.25) is 0 Å². The van der Waals surface area contributed by atoms with Gasteiger partial charge in [0.25, 0.3) is 0 Å². The highest BCUT2D eigenvalue weighted by Gasteiger charge is 2.28. The van der Waals surface area contributed by atoms with Gasteiger partial charge in [-0.2, -0.15) is 0 Å². The van der Waals surface area contributed by atoms with Gasteiger partial charge in [0.05, 0.1) is 6.10 Å². The molecule has 21 heavy (non-hydrogen) atoms. The minimum absolute atomic E-state index is 0.0436. The quantitative estimate of drug-likeness (QED) is 0.911. The van der Waals surface area contributed by atoms with E-state index in [1.807, 2.05) is 0 Å². The van der Waals surface area contributed by atoms with Crippen molar-refractivity contribution in [3.63, 3.8) is 0 Å². The molecule has 2 rings (SSSR count). The maximum atomic E-state index is 9.40. The summed E-state index contributed by atoms with van der Waals surface area (Å²) in [6.07, 6.45) is 1.91. The van der Waals surface area contributed by atoms with E-state index in [1.165, 1.54) is 22.3 Å². The first kappa shape index (κ1) is 16.5. The van der Waals surface area contributed by atoms with Crippen molar-refractivity contribution in [1.29, 1.82) is 0 Å². The average Bonchev–Trinajstić information content (AvgIpc) is 2.30. The van der Waals surface area contributed by atoms with E-state index in [9.17, 15) is 5.11 Å². The van der Waals surface area contributed by atoms with Gasteiger partial charge in [0.15, 0.2) is 0 Å². The molecule has 0 saturated heterocycles. The standard InChI is InChI=1S/C19H31NO/c1-13-7-16(19(3,4)5)8-14(2)18(13)12-20(6)11-15-9-17(21)10-15/h7-8,15,17,21H,9-12H2,1-6H3. The number of aliphatic hydroxyl groups excluding tert-OH is 1. The fraction of sp³-hybridized carbons (Fsp3) is 0.684. The third-order valence-corrected chi connectivity index (χ3v) is 4.77. The van der Waals surface area contributed by atoms with Crippen molar-refractivity contribution >= 4 is 0 Å². The molecule has 1 aliphatic rings. The summed E-state index contributed by atoms with van der Waals surface area (Å²) < 4.78 is 0. The fourth-order valence-electron chi connectivity index (χ4n) is 3.30. The molecule has 1 aromatic carbocycles. The molecule has 0 radical (unpaired) electrons. The van der Waals surface area contributed by atoms with E-state index in [-0.39, 0.29) is 11.5 Å². The summed E-state index contributed by atoms with van der Waals surface area (Å²) in [5, 5.41) is 9.40. The van der Waals surface area contributed by atoms with Gasteiger partial charge < -0.3 is 10.0 Å². The van der Waals surface area contributed by atoms with Crippen LogP contribution in [0.25, 0.3) is 0 Å². The minimum Gasteiger partial charge on any atom is -0.393 e. The molecule has 1 fully saturated rings. The smallest absolute Gasteiger partial charge is 0.0546 e. The van der Waals surface area contributed by atoms with Crippen LogP contribution in [0.15, 0.2) is 12.1 Å². The summed E-state index contributed by atoms with van der Waals surface area (Å²) >= 11 is 0. The van der Waals surface area contributed by atoms with Gasteiger partial charge in [-0.15, -0.1) is 0 Å². The van der Waals surface area contributed by atoms with E-state index < -0.39 is 0 Å². The first-order chi connectivity index (χ1) is 9.66. The van der Waals surface area contributed by atoms with Gasteiger partial charge >= 0.3 is 0 Å². The number of aliphatic hydroxyl groups is 1. The molecule has 1 saturated carbocycles. The Hall–Kier alpha value is -0.860. The number of rotatable bonds is 4. The van der Waals surface area contributed by atoms with Gasteiger partial charge in [0, 0.05) is 13.1 Å². The van der Waals surface area contributed by atoms with Crippen LogP contribution in [0.5, 0.6) is 0 Å². The molecule has 0 atom stereocenters. The predicted octanol–water partition coefficient (Wildman–Crippen LogP) is 3.80. The summed E-state index contributed by atoms with van der Waals surface area (Å²) in [5.41, 5.74) is 5.90. The second kappa shape index (κ2) is 6.10. The minimum atomic E-state index is -0.0436. The van der Waals surface area contributed by atoms with E-state index in [1.54, 1.807) is 0 Å². The molecule has 0 spiro atoms. The monoisotopic (exact) mass is 289 g/mol. The van der Waals surface area contributed by atoms with Crippen molar-refractivity contribution in [1.82, 2.24) is 4.90 Å². The van der Waals surface area contributed by atoms with E-state index in [0.717, 1.165) is 25.9 Å². The van der Waals surface area contributed by atoms with Crippen LogP contribution in [0.1, 0.15) is 55.9 Å². The molecule has 2 nitrogen and oxygen atoms in total. The molecular formula is C19H31NO. The Bertz CT molecular complexity index is 472.